The van der Waals surface area contributed by atoms with Crippen LogP contribution in [-0.4, -0.2) is 35.4 Å². The van der Waals surface area contributed by atoms with Crippen molar-refractivity contribution in [2.45, 2.75) is 13.5 Å². The third-order valence-electron chi connectivity index (χ3n) is 4.13. The smallest absolute Gasteiger partial charge is 0.359 e. The summed E-state index contributed by atoms with van der Waals surface area (Å²) in [4.78, 5) is 37.1. The van der Waals surface area contributed by atoms with E-state index in [1.54, 1.807) is 43.3 Å². The number of fused-ring (bicyclic) bond motifs is 1. The first-order valence-electron chi connectivity index (χ1n) is 8.75. The lowest BCUT2D eigenvalue weighted by Gasteiger charge is -2.11. The molecule has 150 valence electrons. The highest BCUT2D eigenvalue weighted by Gasteiger charge is 2.19. The van der Waals surface area contributed by atoms with Crippen molar-refractivity contribution in [3.63, 3.8) is 0 Å². The van der Waals surface area contributed by atoms with Gasteiger partial charge in [-0.15, -0.1) is 0 Å². The van der Waals surface area contributed by atoms with Gasteiger partial charge in [0.25, 0.3) is 11.5 Å². The zero-order valence-electron chi connectivity index (χ0n) is 15.8. The molecule has 1 amide bonds. The third kappa shape index (κ3) is 4.38. The van der Waals surface area contributed by atoms with Crippen LogP contribution in [-0.2, 0) is 16.1 Å². The van der Waals surface area contributed by atoms with Gasteiger partial charge < -0.3 is 14.8 Å². The number of rotatable bonds is 6. The van der Waals surface area contributed by atoms with Gasteiger partial charge in [0.05, 0.1) is 18.2 Å². The van der Waals surface area contributed by atoms with Crippen LogP contribution < -0.4 is 15.6 Å². The number of benzene rings is 2. The van der Waals surface area contributed by atoms with E-state index in [1.807, 2.05) is 0 Å². The van der Waals surface area contributed by atoms with E-state index in [0.717, 1.165) is 0 Å². The Hall–Kier alpha value is -3.39. The molecular weight excluding hydrogens is 398 g/mol. The fourth-order valence-electron chi connectivity index (χ4n) is 2.76. The number of nitrogens with one attached hydrogen (secondary N) is 1. The summed E-state index contributed by atoms with van der Waals surface area (Å²) >= 11 is 5.93. The molecule has 0 unspecified atom stereocenters. The second-order valence-electron chi connectivity index (χ2n) is 5.98. The third-order valence-corrected chi connectivity index (χ3v) is 4.37. The molecule has 0 bridgehead atoms. The lowest BCUT2D eigenvalue weighted by molar-refractivity contribution is -0.119. The summed E-state index contributed by atoms with van der Waals surface area (Å²) in [6, 6.07) is 11.4. The Morgan fingerprint density at radius 1 is 1.17 bits per heavy atom. The van der Waals surface area contributed by atoms with Crippen LogP contribution >= 0.6 is 11.6 Å². The average Bonchev–Trinajstić information content (AvgIpc) is 2.72. The Bertz CT molecular complexity index is 1140. The minimum atomic E-state index is -0.809. The number of hydrogen-bond acceptors (Lipinski definition) is 6. The zero-order chi connectivity index (χ0) is 21.0. The van der Waals surface area contributed by atoms with E-state index < -0.39 is 18.5 Å². The van der Waals surface area contributed by atoms with E-state index in [2.05, 4.69) is 10.4 Å². The van der Waals surface area contributed by atoms with E-state index in [1.165, 1.54) is 17.9 Å². The summed E-state index contributed by atoms with van der Waals surface area (Å²) in [5.74, 6) is -0.972. The van der Waals surface area contributed by atoms with Gasteiger partial charge in [-0.1, -0.05) is 29.8 Å². The molecular formula is C20H18ClN3O5. The predicted octanol–water partition coefficient (Wildman–Crippen LogP) is 2.87. The van der Waals surface area contributed by atoms with Crippen LogP contribution in [0.3, 0.4) is 0 Å². The van der Waals surface area contributed by atoms with Crippen molar-refractivity contribution < 1.29 is 19.1 Å². The van der Waals surface area contributed by atoms with Crippen LogP contribution in [0.1, 0.15) is 17.4 Å². The van der Waals surface area contributed by atoms with Crippen LogP contribution in [0, 0.1) is 0 Å². The monoisotopic (exact) mass is 415 g/mol. The predicted molar refractivity (Wildman–Crippen MR) is 109 cm³/mol. The number of aromatic nitrogens is 2. The molecule has 8 nitrogen and oxygen atoms in total. The lowest BCUT2D eigenvalue weighted by atomic mass is 10.1. The first kappa shape index (κ1) is 20.3. The molecule has 0 fully saturated rings. The molecule has 3 aromatic rings. The Balaban J connectivity index is 1.78. The van der Waals surface area contributed by atoms with Gasteiger partial charge in [0.2, 0.25) is 0 Å². The highest BCUT2D eigenvalue weighted by atomic mass is 35.5. The zero-order valence-corrected chi connectivity index (χ0v) is 16.5. The summed E-state index contributed by atoms with van der Waals surface area (Å²) in [7, 11) is 1.46. The second-order valence-corrected chi connectivity index (χ2v) is 6.42. The van der Waals surface area contributed by atoms with E-state index in [9.17, 15) is 14.4 Å². The van der Waals surface area contributed by atoms with Gasteiger partial charge in [0.15, 0.2) is 12.3 Å². The molecule has 1 heterocycles. The Labute approximate surface area is 171 Å². The topological polar surface area (TPSA) is 99.5 Å². The first-order chi connectivity index (χ1) is 13.9. The van der Waals surface area contributed by atoms with Gasteiger partial charge in [-0.2, -0.15) is 5.10 Å². The fourth-order valence-corrected chi connectivity index (χ4v) is 2.94. The first-order valence-corrected chi connectivity index (χ1v) is 9.12. The highest BCUT2D eigenvalue weighted by molar-refractivity contribution is 6.31. The molecule has 1 N–H and O–H groups in total. The van der Waals surface area contributed by atoms with E-state index in [-0.39, 0.29) is 11.3 Å². The standard InChI is InChI=1S/C20H18ClN3O5/c1-3-24-19(26)14-7-5-4-6-13(14)18(23-24)20(27)29-11-17(25)22-15-10-12(21)8-9-16(15)28-2/h4-10H,3,11H2,1-2H3,(H,22,25). The maximum atomic E-state index is 12.5. The number of carbonyl (C=O) groups is 2. The number of anilines is 1. The molecule has 0 aliphatic carbocycles. The highest BCUT2D eigenvalue weighted by Crippen LogP contribution is 2.27. The number of esters is 1. The summed E-state index contributed by atoms with van der Waals surface area (Å²) in [5.41, 5.74) is 0.0183. The van der Waals surface area contributed by atoms with Crippen molar-refractivity contribution in [1.82, 2.24) is 9.78 Å². The van der Waals surface area contributed by atoms with Crippen LogP contribution in [0.15, 0.2) is 47.3 Å². The van der Waals surface area contributed by atoms with Gasteiger partial charge in [-0.3, -0.25) is 9.59 Å². The summed E-state index contributed by atoms with van der Waals surface area (Å²) in [6.45, 7) is 1.48. The fraction of sp³-hybridized carbons (Fsp3) is 0.200. The Morgan fingerprint density at radius 3 is 2.59 bits per heavy atom. The molecule has 9 heteroatoms. The van der Waals surface area contributed by atoms with Crippen molar-refractivity contribution >= 4 is 39.9 Å². The number of aryl methyl sites for hydroxylation is 1. The quantitative estimate of drug-likeness (QED) is 0.621. The van der Waals surface area contributed by atoms with Crippen LogP contribution in [0.5, 0.6) is 5.75 Å². The molecule has 0 aliphatic heterocycles. The summed E-state index contributed by atoms with van der Waals surface area (Å²) < 4.78 is 11.4. The van der Waals surface area contributed by atoms with Crippen LogP contribution in [0.25, 0.3) is 10.8 Å². The van der Waals surface area contributed by atoms with Gasteiger partial charge in [-0.05, 0) is 31.2 Å². The number of amides is 1. The molecule has 1 aromatic heterocycles. The van der Waals surface area contributed by atoms with Gasteiger partial charge in [0, 0.05) is 17.0 Å². The molecule has 0 atom stereocenters. The lowest BCUT2D eigenvalue weighted by Crippen LogP contribution is -2.27. The minimum absolute atomic E-state index is 0.0322. The van der Waals surface area contributed by atoms with Crippen molar-refractivity contribution in [1.29, 1.82) is 0 Å². The molecule has 0 saturated heterocycles. The van der Waals surface area contributed by atoms with Crippen LogP contribution in [0.2, 0.25) is 5.02 Å². The minimum Gasteiger partial charge on any atom is -0.495 e. The normalized spacial score (nSPS) is 10.6. The molecule has 3 rings (SSSR count). The second kappa shape index (κ2) is 8.74. The number of nitrogens with zero attached hydrogens (tertiary/aromatic N) is 2. The van der Waals surface area contributed by atoms with Crippen molar-refractivity contribution in [2.75, 3.05) is 19.0 Å². The van der Waals surface area contributed by atoms with E-state index >= 15 is 0 Å². The SMILES string of the molecule is CCn1nc(C(=O)OCC(=O)Nc2cc(Cl)ccc2OC)c2ccccc2c1=O. The molecule has 0 aliphatic rings. The Kier molecular flexibility index (Phi) is 6.13. The molecule has 2 aromatic carbocycles. The van der Waals surface area contributed by atoms with Crippen molar-refractivity contribution in [3.8, 4) is 5.75 Å². The van der Waals surface area contributed by atoms with Gasteiger partial charge in [-0.25, -0.2) is 9.48 Å². The summed E-state index contributed by atoms with van der Waals surface area (Å²) in [6.07, 6.45) is 0. The van der Waals surface area contributed by atoms with Crippen molar-refractivity contribution in [3.05, 3.63) is 63.5 Å². The number of ether oxygens (including phenoxy) is 2. The van der Waals surface area contributed by atoms with Gasteiger partial charge in [0.1, 0.15) is 5.75 Å². The van der Waals surface area contributed by atoms with Gasteiger partial charge >= 0.3 is 5.97 Å². The Morgan fingerprint density at radius 2 is 1.90 bits per heavy atom. The van der Waals surface area contributed by atoms with Crippen molar-refractivity contribution in [2.24, 2.45) is 0 Å². The number of halogens is 1. The van der Waals surface area contributed by atoms with E-state index in [4.69, 9.17) is 21.1 Å². The molecule has 29 heavy (non-hydrogen) atoms. The molecule has 0 radical (unpaired) electrons. The maximum Gasteiger partial charge on any atom is 0.359 e. The molecule has 0 spiro atoms. The maximum absolute atomic E-state index is 12.5. The summed E-state index contributed by atoms with van der Waals surface area (Å²) in [5, 5.41) is 7.79. The number of carbonyl (C=O) groups excluding carboxylic acids is 2. The average molecular weight is 416 g/mol. The molecule has 0 saturated carbocycles. The number of hydrogen-bond donors (Lipinski definition) is 1. The number of methoxy groups -OCH3 is 1. The van der Waals surface area contributed by atoms with Crippen LogP contribution in [0.4, 0.5) is 5.69 Å². The largest absolute Gasteiger partial charge is 0.495 e. The van der Waals surface area contributed by atoms with E-state index in [0.29, 0.717) is 33.8 Å².